The lowest BCUT2D eigenvalue weighted by Gasteiger charge is -2.17. The van der Waals surface area contributed by atoms with Gasteiger partial charge in [0, 0.05) is 16.0 Å². The maximum Gasteiger partial charge on any atom is 0.264 e. The number of anilines is 1. The fraction of sp³-hybridized carbons (Fsp3) is 0.0870. The molecule has 10 heteroatoms. The summed E-state index contributed by atoms with van der Waals surface area (Å²) < 4.78 is 42.9. The number of rotatable bonds is 6. The monoisotopic (exact) mass is 576 g/mol. The molecule has 0 spiro atoms. The van der Waals surface area contributed by atoms with Crippen molar-refractivity contribution in [3.63, 3.8) is 0 Å². The van der Waals surface area contributed by atoms with Crippen LogP contribution in [0.4, 0.5) is 10.1 Å². The molecule has 1 heterocycles. The molecule has 0 aliphatic rings. The largest absolute Gasteiger partial charge is 0.345 e. The third kappa shape index (κ3) is 5.11. The van der Waals surface area contributed by atoms with Crippen LogP contribution in [0.15, 0.2) is 78.0 Å². The van der Waals surface area contributed by atoms with Gasteiger partial charge in [-0.2, -0.15) is 0 Å². The van der Waals surface area contributed by atoms with Gasteiger partial charge in [-0.1, -0.05) is 18.2 Å². The van der Waals surface area contributed by atoms with Crippen LogP contribution >= 0.6 is 22.6 Å². The van der Waals surface area contributed by atoms with Crippen LogP contribution in [-0.2, 0) is 10.0 Å². The normalized spacial score (nSPS) is 12.3. The molecule has 1 amide bonds. The first-order valence-electron chi connectivity index (χ1n) is 9.83. The molecule has 3 aromatic carbocycles. The van der Waals surface area contributed by atoms with Gasteiger partial charge in [0.1, 0.15) is 16.2 Å². The summed E-state index contributed by atoms with van der Waals surface area (Å²) >= 11 is 2.04. The molecule has 1 aromatic heterocycles. The molecule has 0 aliphatic carbocycles. The van der Waals surface area contributed by atoms with Crippen molar-refractivity contribution in [3.05, 3.63) is 93.6 Å². The average Bonchev–Trinajstić information content (AvgIpc) is 2.78. The van der Waals surface area contributed by atoms with E-state index in [0.29, 0.717) is 11.1 Å². The third-order valence-corrected chi connectivity index (χ3v) is 7.01. The van der Waals surface area contributed by atoms with Crippen LogP contribution in [0.2, 0.25) is 0 Å². The van der Waals surface area contributed by atoms with Gasteiger partial charge in [0.25, 0.3) is 15.9 Å². The molecule has 7 nitrogen and oxygen atoms in total. The zero-order chi connectivity index (χ0) is 23.6. The Hall–Kier alpha value is -3.12. The number of halogens is 2. The minimum Gasteiger partial charge on any atom is -0.345 e. The van der Waals surface area contributed by atoms with Crippen LogP contribution in [0.5, 0.6) is 0 Å². The molecule has 0 saturated heterocycles. The Kier molecular flexibility index (Phi) is 6.56. The first-order valence-corrected chi connectivity index (χ1v) is 12.4. The van der Waals surface area contributed by atoms with Gasteiger partial charge in [0.05, 0.1) is 22.8 Å². The van der Waals surface area contributed by atoms with Gasteiger partial charge in [-0.05, 0) is 77.5 Å². The van der Waals surface area contributed by atoms with Gasteiger partial charge in [-0.25, -0.2) is 12.8 Å². The number of amides is 1. The fourth-order valence-corrected chi connectivity index (χ4v) is 5.02. The highest BCUT2D eigenvalue weighted by Gasteiger charge is 2.23. The van der Waals surface area contributed by atoms with Crippen LogP contribution in [0.25, 0.3) is 11.0 Å². The molecule has 33 heavy (non-hydrogen) atoms. The number of hydrogen-bond acceptors (Lipinski definition) is 5. The Morgan fingerprint density at radius 3 is 2.52 bits per heavy atom. The number of benzene rings is 3. The number of para-hydroxylation sites is 1. The lowest BCUT2D eigenvalue weighted by Crippen LogP contribution is -2.28. The Balaban J connectivity index is 1.65. The topological polar surface area (TPSA) is 101 Å². The molecule has 0 bridgehead atoms. The lowest BCUT2D eigenvalue weighted by atomic mass is 10.1. The second-order valence-electron chi connectivity index (χ2n) is 7.22. The van der Waals surface area contributed by atoms with Gasteiger partial charge >= 0.3 is 0 Å². The van der Waals surface area contributed by atoms with Crippen molar-refractivity contribution in [1.29, 1.82) is 0 Å². The van der Waals surface area contributed by atoms with Gasteiger partial charge in [0.2, 0.25) is 0 Å². The minimum atomic E-state index is -4.08. The summed E-state index contributed by atoms with van der Waals surface area (Å²) in [6.45, 7) is 1.76. The van der Waals surface area contributed by atoms with Gasteiger partial charge in [-0.15, -0.1) is 0 Å². The van der Waals surface area contributed by atoms with Crippen molar-refractivity contribution in [1.82, 2.24) is 15.3 Å². The van der Waals surface area contributed by atoms with Crippen molar-refractivity contribution in [2.75, 3.05) is 4.72 Å². The summed E-state index contributed by atoms with van der Waals surface area (Å²) in [5.74, 6) is -0.844. The molecule has 1 atom stereocenters. The first kappa shape index (κ1) is 23.1. The van der Waals surface area contributed by atoms with E-state index in [1.807, 2.05) is 22.6 Å². The zero-order valence-corrected chi connectivity index (χ0v) is 20.3. The molecule has 4 aromatic rings. The summed E-state index contributed by atoms with van der Waals surface area (Å²) in [5, 5.41) is 2.83. The summed E-state index contributed by atoms with van der Waals surface area (Å²) in [7, 11) is -4.08. The Morgan fingerprint density at radius 2 is 1.76 bits per heavy atom. The summed E-state index contributed by atoms with van der Waals surface area (Å²) in [6.07, 6.45) is 2.90. The van der Waals surface area contributed by atoms with E-state index in [0.717, 1.165) is 3.57 Å². The number of aromatic nitrogens is 2. The quantitative estimate of drug-likeness (QED) is 0.325. The van der Waals surface area contributed by atoms with E-state index in [4.69, 9.17) is 0 Å². The van der Waals surface area contributed by atoms with Crippen molar-refractivity contribution in [2.45, 2.75) is 17.9 Å². The molecule has 4 rings (SSSR count). The highest BCUT2D eigenvalue weighted by atomic mass is 127. The van der Waals surface area contributed by atoms with E-state index in [1.165, 1.54) is 30.6 Å². The standard InChI is InChI=1S/C23H18FIN4O3S/c1-14(15-5-7-16(24)8-6-15)28-23(30)18-10-9-17(25)13-20(18)29-33(31,32)21-4-2-3-19-22(21)27-12-11-26-19/h2-14,29H,1H3,(H,28,30). The predicted octanol–water partition coefficient (Wildman–Crippen LogP) is 4.67. The molecule has 0 radical (unpaired) electrons. The maximum atomic E-state index is 13.2. The summed E-state index contributed by atoms with van der Waals surface area (Å²) in [4.78, 5) is 21.3. The van der Waals surface area contributed by atoms with Crippen LogP contribution in [0.1, 0.15) is 28.9 Å². The average molecular weight is 576 g/mol. The number of fused-ring (bicyclic) bond motifs is 1. The Labute approximate surface area is 203 Å². The molecule has 0 saturated carbocycles. The minimum absolute atomic E-state index is 0.0435. The molecule has 0 fully saturated rings. The van der Waals surface area contributed by atoms with E-state index in [2.05, 4.69) is 20.0 Å². The Bertz CT molecular complexity index is 1440. The molecule has 168 valence electrons. The number of sulfonamides is 1. The van der Waals surface area contributed by atoms with E-state index >= 15 is 0 Å². The third-order valence-electron chi connectivity index (χ3n) is 4.94. The summed E-state index contributed by atoms with van der Waals surface area (Å²) in [5.41, 5.74) is 1.67. The molecular formula is C23H18FIN4O3S. The number of carbonyl (C=O) groups is 1. The number of hydrogen-bond donors (Lipinski definition) is 2. The highest BCUT2D eigenvalue weighted by molar-refractivity contribution is 14.1. The fourth-order valence-electron chi connectivity index (χ4n) is 3.29. The Morgan fingerprint density at radius 1 is 1.03 bits per heavy atom. The van der Waals surface area contributed by atoms with Crippen LogP contribution < -0.4 is 10.0 Å². The van der Waals surface area contributed by atoms with Gasteiger partial charge in [0.15, 0.2) is 0 Å². The van der Waals surface area contributed by atoms with Crippen LogP contribution in [0, 0.1) is 9.39 Å². The number of nitrogens with one attached hydrogen (secondary N) is 2. The smallest absolute Gasteiger partial charge is 0.264 e. The second kappa shape index (κ2) is 9.40. The van der Waals surface area contributed by atoms with Crippen molar-refractivity contribution in [3.8, 4) is 0 Å². The van der Waals surface area contributed by atoms with Gasteiger partial charge < -0.3 is 5.32 Å². The highest BCUT2D eigenvalue weighted by Crippen LogP contribution is 2.26. The SMILES string of the molecule is CC(NC(=O)c1ccc(I)cc1NS(=O)(=O)c1cccc2nccnc12)c1ccc(F)cc1. The zero-order valence-electron chi connectivity index (χ0n) is 17.3. The first-order chi connectivity index (χ1) is 15.7. The summed E-state index contributed by atoms with van der Waals surface area (Å²) in [6, 6.07) is 14.9. The molecule has 2 N–H and O–H groups in total. The van der Waals surface area contributed by atoms with E-state index in [1.54, 1.807) is 49.4 Å². The van der Waals surface area contributed by atoms with E-state index < -0.39 is 22.0 Å². The van der Waals surface area contributed by atoms with Crippen molar-refractivity contribution >= 4 is 55.2 Å². The van der Waals surface area contributed by atoms with Gasteiger partial charge in [-0.3, -0.25) is 19.5 Å². The number of nitrogens with zero attached hydrogens (tertiary/aromatic N) is 2. The van der Waals surface area contributed by atoms with E-state index in [-0.39, 0.29) is 27.5 Å². The number of carbonyl (C=O) groups excluding carboxylic acids is 1. The van der Waals surface area contributed by atoms with Crippen molar-refractivity contribution in [2.24, 2.45) is 0 Å². The maximum absolute atomic E-state index is 13.2. The van der Waals surface area contributed by atoms with E-state index in [9.17, 15) is 17.6 Å². The second-order valence-corrected chi connectivity index (χ2v) is 10.1. The molecule has 0 aliphatic heterocycles. The predicted molar refractivity (Wildman–Crippen MR) is 132 cm³/mol. The molecule has 1 unspecified atom stereocenters. The van der Waals surface area contributed by atoms with Crippen molar-refractivity contribution < 1.29 is 17.6 Å². The lowest BCUT2D eigenvalue weighted by molar-refractivity contribution is 0.0941. The van der Waals surface area contributed by atoms with Crippen LogP contribution in [0.3, 0.4) is 0 Å². The molecular weight excluding hydrogens is 558 g/mol. The van der Waals surface area contributed by atoms with Crippen LogP contribution in [-0.4, -0.2) is 24.3 Å².